The molecule has 3 N–H and O–H groups in total. The summed E-state index contributed by atoms with van der Waals surface area (Å²) in [6.07, 6.45) is 0. The van der Waals surface area contributed by atoms with Crippen molar-refractivity contribution in [2.75, 3.05) is 19.0 Å². The summed E-state index contributed by atoms with van der Waals surface area (Å²) in [5, 5.41) is 3.40. The minimum Gasteiger partial charge on any atom is -0.495 e. The maximum absolute atomic E-state index is 5.72. The first-order valence-corrected chi connectivity index (χ1v) is 6.06. The molecule has 0 aliphatic rings. The Morgan fingerprint density at radius 1 is 1.35 bits per heavy atom. The van der Waals surface area contributed by atoms with Crippen molar-refractivity contribution in [3.05, 3.63) is 23.8 Å². The second kappa shape index (κ2) is 5.41. The van der Waals surface area contributed by atoms with Crippen LogP contribution in [0.3, 0.4) is 0 Å². The molecule has 0 bridgehead atoms. The average molecular weight is 236 g/mol. The van der Waals surface area contributed by atoms with E-state index in [9.17, 15) is 0 Å². The Bertz CT molecular complexity index is 372. The summed E-state index contributed by atoms with van der Waals surface area (Å²) in [6, 6.07) is 6.27. The largest absolute Gasteiger partial charge is 0.495 e. The highest BCUT2D eigenvalue weighted by Gasteiger charge is 2.17. The molecular weight excluding hydrogens is 212 g/mol. The normalized spacial score (nSPS) is 11.7. The van der Waals surface area contributed by atoms with Crippen molar-refractivity contribution in [2.24, 2.45) is 5.73 Å². The summed E-state index contributed by atoms with van der Waals surface area (Å²) in [6.45, 7) is 9.06. The van der Waals surface area contributed by atoms with Crippen LogP contribution in [0.5, 0.6) is 5.75 Å². The fraction of sp³-hybridized carbons (Fsp3) is 0.571. The predicted molar refractivity (Wildman–Crippen MR) is 73.8 cm³/mol. The monoisotopic (exact) mass is 236 g/mol. The van der Waals surface area contributed by atoms with Crippen LogP contribution in [-0.2, 0) is 0 Å². The first kappa shape index (κ1) is 13.8. The molecule has 0 amide bonds. The number of nitrogens with one attached hydrogen (secondary N) is 1. The van der Waals surface area contributed by atoms with Gasteiger partial charge < -0.3 is 15.8 Å². The molecule has 1 rings (SSSR count). The number of hydrogen-bond donors (Lipinski definition) is 2. The molecule has 0 unspecified atom stereocenters. The van der Waals surface area contributed by atoms with E-state index in [1.165, 1.54) is 5.56 Å². The topological polar surface area (TPSA) is 47.3 Å². The third-order valence-corrected chi connectivity index (χ3v) is 2.88. The number of rotatable bonds is 5. The lowest BCUT2D eigenvalue weighted by Crippen LogP contribution is -2.39. The first-order valence-electron chi connectivity index (χ1n) is 6.06. The van der Waals surface area contributed by atoms with Gasteiger partial charge in [0.2, 0.25) is 0 Å². The van der Waals surface area contributed by atoms with Crippen LogP contribution in [0.15, 0.2) is 18.2 Å². The molecule has 3 nitrogen and oxygen atoms in total. The van der Waals surface area contributed by atoms with Crippen molar-refractivity contribution >= 4 is 5.69 Å². The third kappa shape index (κ3) is 3.63. The van der Waals surface area contributed by atoms with Crippen molar-refractivity contribution in [1.29, 1.82) is 0 Å². The quantitative estimate of drug-likeness (QED) is 0.826. The zero-order valence-corrected chi connectivity index (χ0v) is 11.5. The van der Waals surface area contributed by atoms with Crippen LogP contribution in [0.25, 0.3) is 0 Å². The van der Waals surface area contributed by atoms with Gasteiger partial charge in [-0.15, -0.1) is 0 Å². The Labute approximate surface area is 104 Å². The van der Waals surface area contributed by atoms with E-state index >= 15 is 0 Å². The van der Waals surface area contributed by atoms with Gasteiger partial charge >= 0.3 is 0 Å². The van der Waals surface area contributed by atoms with Crippen molar-refractivity contribution < 1.29 is 4.74 Å². The minimum absolute atomic E-state index is 0.132. The van der Waals surface area contributed by atoms with E-state index in [0.717, 1.165) is 11.4 Å². The van der Waals surface area contributed by atoms with E-state index < -0.39 is 0 Å². The molecule has 96 valence electrons. The molecule has 17 heavy (non-hydrogen) atoms. The van der Waals surface area contributed by atoms with Gasteiger partial charge in [0.05, 0.1) is 12.8 Å². The average Bonchev–Trinajstić information content (AvgIpc) is 2.29. The van der Waals surface area contributed by atoms with Crippen LogP contribution in [-0.4, -0.2) is 19.2 Å². The molecule has 0 aromatic heterocycles. The molecule has 0 spiro atoms. The fourth-order valence-corrected chi connectivity index (χ4v) is 1.59. The zero-order valence-electron chi connectivity index (χ0n) is 11.5. The second-order valence-corrected chi connectivity index (χ2v) is 5.33. The van der Waals surface area contributed by atoms with Gasteiger partial charge in [0.1, 0.15) is 5.75 Å². The summed E-state index contributed by atoms with van der Waals surface area (Å²) in [5.74, 6) is 1.37. The Kier molecular flexibility index (Phi) is 4.40. The number of ether oxygens (including phenoxy) is 1. The number of anilines is 1. The lowest BCUT2D eigenvalue weighted by Gasteiger charge is -2.27. The van der Waals surface area contributed by atoms with Crippen molar-refractivity contribution in [3.63, 3.8) is 0 Å². The van der Waals surface area contributed by atoms with E-state index in [1.54, 1.807) is 7.11 Å². The van der Waals surface area contributed by atoms with E-state index in [-0.39, 0.29) is 5.54 Å². The first-order chi connectivity index (χ1) is 7.89. The lowest BCUT2D eigenvalue weighted by atomic mass is 10.0. The van der Waals surface area contributed by atoms with Crippen molar-refractivity contribution in [2.45, 2.75) is 39.2 Å². The summed E-state index contributed by atoms with van der Waals surface area (Å²) < 4.78 is 5.42. The van der Waals surface area contributed by atoms with Gasteiger partial charge in [-0.3, -0.25) is 0 Å². The highest BCUT2D eigenvalue weighted by atomic mass is 16.5. The number of benzene rings is 1. The van der Waals surface area contributed by atoms with Crippen LogP contribution in [0.1, 0.15) is 39.2 Å². The van der Waals surface area contributed by atoms with Gasteiger partial charge in [-0.25, -0.2) is 0 Å². The van der Waals surface area contributed by atoms with Crippen LogP contribution >= 0.6 is 0 Å². The number of hydrogen-bond acceptors (Lipinski definition) is 3. The molecule has 0 saturated carbocycles. The second-order valence-electron chi connectivity index (χ2n) is 5.33. The summed E-state index contributed by atoms with van der Waals surface area (Å²) in [7, 11) is 1.69. The Hall–Kier alpha value is -1.22. The summed E-state index contributed by atoms with van der Waals surface area (Å²) >= 11 is 0. The van der Waals surface area contributed by atoms with Crippen LogP contribution in [0, 0.1) is 0 Å². The van der Waals surface area contributed by atoms with Crippen molar-refractivity contribution in [1.82, 2.24) is 0 Å². The van der Waals surface area contributed by atoms with Gasteiger partial charge in [-0.1, -0.05) is 19.9 Å². The van der Waals surface area contributed by atoms with Gasteiger partial charge in [0.25, 0.3) is 0 Å². The molecule has 0 atom stereocenters. The molecule has 1 aromatic carbocycles. The molecule has 3 heteroatoms. The van der Waals surface area contributed by atoms with E-state index in [0.29, 0.717) is 12.5 Å². The maximum Gasteiger partial charge on any atom is 0.142 e. The Balaban J connectivity index is 3.01. The highest BCUT2D eigenvalue weighted by Crippen LogP contribution is 2.30. The minimum atomic E-state index is -0.132. The highest BCUT2D eigenvalue weighted by molar-refractivity contribution is 5.59. The Morgan fingerprint density at radius 3 is 2.47 bits per heavy atom. The molecule has 0 saturated heterocycles. The third-order valence-electron chi connectivity index (χ3n) is 2.88. The molecule has 0 aliphatic carbocycles. The summed E-state index contributed by atoms with van der Waals surface area (Å²) in [4.78, 5) is 0. The van der Waals surface area contributed by atoms with Crippen LogP contribution < -0.4 is 15.8 Å². The standard InChI is InChI=1S/C14H24N2O/c1-10(2)11-6-7-12(13(8-11)17-5)16-14(3,4)9-15/h6-8,10,16H,9,15H2,1-5H3. The maximum atomic E-state index is 5.72. The Morgan fingerprint density at radius 2 is 2.00 bits per heavy atom. The zero-order chi connectivity index (χ0) is 13.1. The fourth-order valence-electron chi connectivity index (χ4n) is 1.59. The molecule has 0 fully saturated rings. The molecular formula is C14H24N2O. The number of nitrogens with two attached hydrogens (primary N) is 1. The summed E-state index contributed by atoms with van der Waals surface area (Å²) in [5.41, 5.74) is 7.86. The predicted octanol–water partition coefficient (Wildman–Crippen LogP) is 2.97. The molecule has 1 aromatic rings. The van der Waals surface area contributed by atoms with Crippen LogP contribution in [0.4, 0.5) is 5.69 Å². The smallest absolute Gasteiger partial charge is 0.142 e. The lowest BCUT2D eigenvalue weighted by molar-refractivity contribution is 0.414. The van der Waals surface area contributed by atoms with E-state index in [2.05, 4.69) is 51.2 Å². The molecule has 0 aliphatic heterocycles. The van der Waals surface area contributed by atoms with E-state index in [1.807, 2.05) is 0 Å². The van der Waals surface area contributed by atoms with Gasteiger partial charge in [0, 0.05) is 12.1 Å². The van der Waals surface area contributed by atoms with Gasteiger partial charge in [-0.05, 0) is 37.5 Å². The van der Waals surface area contributed by atoms with E-state index in [4.69, 9.17) is 10.5 Å². The van der Waals surface area contributed by atoms with Gasteiger partial charge in [-0.2, -0.15) is 0 Å². The SMILES string of the molecule is COc1cc(C(C)C)ccc1NC(C)(C)CN. The molecule has 0 heterocycles. The number of methoxy groups -OCH3 is 1. The van der Waals surface area contributed by atoms with Crippen molar-refractivity contribution in [3.8, 4) is 5.75 Å². The molecule has 0 radical (unpaired) electrons. The van der Waals surface area contributed by atoms with Crippen LogP contribution in [0.2, 0.25) is 0 Å². The van der Waals surface area contributed by atoms with Gasteiger partial charge in [0.15, 0.2) is 0 Å².